The third kappa shape index (κ3) is 4.23. The van der Waals surface area contributed by atoms with Crippen molar-refractivity contribution < 1.29 is 9.16 Å². The lowest BCUT2D eigenvalue weighted by Gasteiger charge is -2.23. The summed E-state index contributed by atoms with van der Waals surface area (Å²) in [5, 5.41) is 0. The van der Waals surface area contributed by atoms with Crippen LogP contribution < -0.4 is 4.74 Å². The molecule has 0 radical (unpaired) electrons. The van der Waals surface area contributed by atoms with E-state index < -0.39 is 0 Å². The van der Waals surface area contributed by atoms with E-state index in [4.69, 9.17) is 9.16 Å². The predicted molar refractivity (Wildman–Crippen MR) is 81.8 cm³/mol. The highest BCUT2D eigenvalue weighted by molar-refractivity contribution is 5.98. The van der Waals surface area contributed by atoms with Crippen LogP contribution in [-0.4, -0.2) is 16.1 Å². The van der Waals surface area contributed by atoms with Gasteiger partial charge in [0, 0.05) is 0 Å². The number of hydrogen-bond acceptors (Lipinski definition) is 2. The number of benzene rings is 2. The molecule has 0 heterocycles. The molecule has 0 aliphatic rings. The molecule has 0 aliphatic heterocycles. The Morgan fingerprint density at radius 1 is 0.947 bits per heavy atom. The molecule has 100 valence electrons. The smallest absolute Gasteiger partial charge is 0.146 e. The molecular formula is C16H20O2Si. The SMILES string of the molecule is CC(C)(Cc1cccc(Oc2ccccc2)c1)O[SiH3]. The summed E-state index contributed by atoms with van der Waals surface area (Å²) in [6.07, 6.45) is 0.891. The van der Waals surface area contributed by atoms with Crippen LogP contribution in [0.3, 0.4) is 0 Å². The summed E-state index contributed by atoms with van der Waals surface area (Å²) in [5.41, 5.74) is 1.13. The maximum absolute atomic E-state index is 5.84. The van der Waals surface area contributed by atoms with Gasteiger partial charge in [-0.2, -0.15) is 0 Å². The average molecular weight is 272 g/mol. The molecule has 19 heavy (non-hydrogen) atoms. The minimum atomic E-state index is -0.0996. The Bertz CT molecular complexity index is 523. The van der Waals surface area contributed by atoms with Gasteiger partial charge in [-0.25, -0.2) is 0 Å². The molecule has 2 aromatic carbocycles. The quantitative estimate of drug-likeness (QED) is 0.779. The standard InChI is InChI=1S/C16H20O2Si/c1-16(2,18-19)12-13-7-6-10-15(11-13)17-14-8-4-3-5-9-14/h3-11H,12H2,1-2,19H3. The van der Waals surface area contributed by atoms with Crippen molar-refractivity contribution in [2.75, 3.05) is 0 Å². The van der Waals surface area contributed by atoms with E-state index in [1.54, 1.807) is 0 Å². The first-order chi connectivity index (χ1) is 9.09. The van der Waals surface area contributed by atoms with Gasteiger partial charge < -0.3 is 9.16 Å². The van der Waals surface area contributed by atoms with E-state index in [0.717, 1.165) is 28.4 Å². The highest BCUT2D eigenvalue weighted by Gasteiger charge is 2.16. The molecule has 0 aliphatic carbocycles. The maximum Gasteiger partial charge on any atom is 0.146 e. The van der Waals surface area contributed by atoms with Crippen LogP contribution in [0.2, 0.25) is 0 Å². The van der Waals surface area contributed by atoms with Gasteiger partial charge in [0.1, 0.15) is 22.0 Å². The lowest BCUT2D eigenvalue weighted by molar-refractivity contribution is 0.124. The Kier molecular flexibility index (Phi) is 4.40. The summed E-state index contributed by atoms with van der Waals surface area (Å²) < 4.78 is 11.4. The molecule has 0 N–H and O–H groups in total. The summed E-state index contributed by atoms with van der Waals surface area (Å²) in [4.78, 5) is 0. The van der Waals surface area contributed by atoms with Crippen molar-refractivity contribution >= 4 is 10.5 Å². The molecule has 0 spiro atoms. The second-order valence-electron chi connectivity index (χ2n) is 5.20. The molecule has 0 saturated carbocycles. The summed E-state index contributed by atoms with van der Waals surface area (Å²) in [5.74, 6) is 1.73. The van der Waals surface area contributed by atoms with Crippen LogP contribution in [0.25, 0.3) is 0 Å². The molecule has 0 unspecified atom stereocenters. The van der Waals surface area contributed by atoms with Gasteiger partial charge in [0.15, 0.2) is 0 Å². The van der Waals surface area contributed by atoms with Gasteiger partial charge >= 0.3 is 0 Å². The summed E-state index contributed by atoms with van der Waals surface area (Å²) in [7, 11) is 0.756. The van der Waals surface area contributed by atoms with Crippen LogP contribution in [0.15, 0.2) is 54.6 Å². The Morgan fingerprint density at radius 3 is 2.32 bits per heavy atom. The van der Waals surface area contributed by atoms with Crippen molar-refractivity contribution in [1.82, 2.24) is 0 Å². The van der Waals surface area contributed by atoms with E-state index >= 15 is 0 Å². The average Bonchev–Trinajstić information content (AvgIpc) is 2.40. The Morgan fingerprint density at radius 2 is 1.63 bits per heavy atom. The first-order valence-corrected chi connectivity index (χ1v) is 7.28. The van der Waals surface area contributed by atoms with Crippen LogP contribution in [0.1, 0.15) is 19.4 Å². The second kappa shape index (κ2) is 6.04. The Labute approximate surface area is 117 Å². The van der Waals surface area contributed by atoms with Gasteiger partial charge in [-0.3, -0.25) is 0 Å². The first kappa shape index (κ1) is 13.8. The topological polar surface area (TPSA) is 18.5 Å². The van der Waals surface area contributed by atoms with Crippen LogP contribution in [-0.2, 0) is 10.8 Å². The van der Waals surface area contributed by atoms with Gasteiger partial charge in [-0.05, 0) is 50.1 Å². The van der Waals surface area contributed by atoms with Crippen LogP contribution in [0.4, 0.5) is 0 Å². The van der Waals surface area contributed by atoms with Gasteiger partial charge in [0.25, 0.3) is 0 Å². The van der Waals surface area contributed by atoms with Crippen molar-refractivity contribution in [2.24, 2.45) is 0 Å². The number of para-hydroxylation sites is 1. The van der Waals surface area contributed by atoms with Gasteiger partial charge in [-0.1, -0.05) is 30.3 Å². The minimum absolute atomic E-state index is 0.0996. The zero-order chi connectivity index (χ0) is 13.7. The number of hydrogen-bond donors (Lipinski definition) is 0. The monoisotopic (exact) mass is 272 g/mol. The third-order valence-electron chi connectivity index (χ3n) is 3.06. The maximum atomic E-state index is 5.84. The molecule has 0 fully saturated rings. The number of ether oxygens (including phenoxy) is 1. The van der Waals surface area contributed by atoms with E-state index in [-0.39, 0.29) is 5.60 Å². The molecule has 2 nitrogen and oxygen atoms in total. The Hall–Kier alpha value is -1.58. The van der Waals surface area contributed by atoms with Gasteiger partial charge in [-0.15, -0.1) is 0 Å². The highest BCUT2D eigenvalue weighted by Crippen LogP contribution is 2.24. The fourth-order valence-corrected chi connectivity index (χ4v) is 2.05. The van der Waals surface area contributed by atoms with E-state index in [9.17, 15) is 0 Å². The van der Waals surface area contributed by atoms with Crippen molar-refractivity contribution in [1.29, 1.82) is 0 Å². The fourth-order valence-electron chi connectivity index (χ4n) is 1.91. The van der Waals surface area contributed by atoms with E-state index in [2.05, 4.69) is 26.0 Å². The zero-order valence-electron chi connectivity index (χ0n) is 11.7. The summed E-state index contributed by atoms with van der Waals surface area (Å²) in [6, 6.07) is 18.0. The normalized spacial score (nSPS) is 11.5. The lowest BCUT2D eigenvalue weighted by Crippen LogP contribution is -2.26. The predicted octanol–water partition coefficient (Wildman–Crippen LogP) is 3.10. The molecular weight excluding hydrogens is 252 g/mol. The summed E-state index contributed by atoms with van der Waals surface area (Å²) >= 11 is 0. The first-order valence-electron chi connectivity index (χ1n) is 6.46. The largest absolute Gasteiger partial charge is 0.457 e. The molecule has 0 amide bonds. The molecule has 0 atom stereocenters. The van der Waals surface area contributed by atoms with Crippen LogP contribution >= 0.6 is 0 Å². The van der Waals surface area contributed by atoms with Crippen LogP contribution in [0.5, 0.6) is 11.5 Å². The molecule has 2 aromatic rings. The van der Waals surface area contributed by atoms with Crippen LogP contribution in [0, 0.1) is 0 Å². The fraction of sp³-hybridized carbons (Fsp3) is 0.250. The lowest BCUT2D eigenvalue weighted by atomic mass is 9.99. The van der Waals surface area contributed by atoms with Crippen molar-refractivity contribution in [3.63, 3.8) is 0 Å². The van der Waals surface area contributed by atoms with E-state index in [0.29, 0.717) is 0 Å². The molecule has 0 bridgehead atoms. The molecule has 3 heteroatoms. The second-order valence-corrected chi connectivity index (χ2v) is 5.61. The molecule has 2 rings (SSSR count). The van der Waals surface area contributed by atoms with Gasteiger partial charge in [0.05, 0.1) is 5.60 Å². The zero-order valence-corrected chi connectivity index (χ0v) is 13.7. The van der Waals surface area contributed by atoms with E-state index in [1.807, 2.05) is 42.5 Å². The van der Waals surface area contributed by atoms with E-state index in [1.165, 1.54) is 5.56 Å². The molecule has 0 saturated heterocycles. The molecule has 0 aromatic heterocycles. The number of rotatable bonds is 5. The minimum Gasteiger partial charge on any atom is -0.457 e. The van der Waals surface area contributed by atoms with Crippen molar-refractivity contribution in [2.45, 2.75) is 25.9 Å². The highest BCUT2D eigenvalue weighted by atomic mass is 28.2. The van der Waals surface area contributed by atoms with Crippen molar-refractivity contribution in [3.8, 4) is 11.5 Å². The van der Waals surface area contributed by atoms with Crippen molar-refractivity contribution in [3.05, 3.63) is 60.2 Å². The van der Waals surface area contributed by atoms with Gasteiger partial charge in [0.2, 0.25) is 0 Å². The summed E-state index contributed by atoms with van der Waals surface area (Å²) in [6.45, 7) is 4.23. The third-order valence-corrected chi connectivity index (χ3v) is 4.16. The Balaban J connectivity index is 2.11.